The summed E-state index contributed by atoms with van der Waals surface area (Å²) >= 11 is 0. The topological polar surface area (TPSA) is 77.5 Å². The van der Waals surface area contributed by atoms with Crippen molar-refractivity contribution in [3.8, 4) is 0 Å². The van der Waals surface area contributed by atoms with Crippen molar-refractivity contribution in [1.82, 2.24) is 15.6 Å². The first-order valence-corrected chi connectivity index (χ1v) is 8.24. The molecule has 7 heteroatoms. The van der Waals surface area contributed by atoms with Crippen LogP contribution in [-0.2, 0) is 0 Å². The molecular weight excluding hydrogens is 299 g/mol. The van der Waals surface area contributed by atoms with Crippen LogP contribution >= 0.6 is 0 Å². The van der Waals surface area contributed by atoms with Gasteiger partial charge in [-0.1, -0.05) is 12.8 Å². The molecule has 2 fully saturated rings. The quantitative estimate of drug-likeness (QED) is 0.786. The minimum Gasteiger partial charge on any atom is -0.391 e. The number of hydrogen-bond donors (Lipinski definition) is 3. The fourth-order valence-corrected chi connectivity index (χ4v) is 3.36. The number of urea groups is 1. The van der Waals surface area contributed by atoms with Crippen LogP contribution in [0.1, 0.15) is 32.1 Å². The van der Waals surface area contributed by atoms with Crippen molar-refractivity contribution in [3.05, 3.63) is 24.1 Å². The monoisotopic (exact) mass is 322 g/mol. The number of anilines is 1. The van der Waals surface area contributed by atoms with Gasteiger partial charge in [0.1, 0.15) is 0 Å². The maximum Gasteiger partial charge on any atom is 0.315 e. The van der Waals surface area contributed by atoms with Crippen molar-refractivity contribution in [1.29, 1.82) is 0 Å². The second kappa shape index (κ2) is 7.12. The summed E-state index contributed by atoms with van der Waals surface area (Å²) in [6, 6.07) is 2.48. The minimum atomic E-state index is -0.461. The van der Waals surface area contributed by atoms with E-state index >= 15 is 0 Å². The van der Waals surface area contributed by atoms with Crippen molar-refractivity contribution in [2.24, 2.45) is 0 Å². The SMILES string of the molecule is O=C(NC1CCN(c2ncccc2F)C1)NC1CCCCC1O. The van der Waals surface area contributed by atoms with Crippen LogP contribution in [0.5, 0.6) is 0 Å². The lowest BCUT2D eigenvalue weighted by Crippen LogP contribution is -2.51. The van der Waals surface area contributed by atoms with Gasteiger partial charge in [0.05, 0.1) is 12.1 Å². The molecule has 1 aliphatic heterocycles. The van der Waals surface area contributed by atoms with Crippen LogP contribution in [0.3, 0.4) is 0 Å². The first-order valence-electron chi connectivity index (χ1n) is 8.24. The fourth-order valence-electron chi connectivity index (χ4n) is 3.36. The smallest absolute Gasteiger partial charge is 0.315 e. The summed E-state index contributed by atoms with van der Waals surface area (Å²) in [5, 5.41) is 15.7. The van der Waals surface area contributed by atoms with E-state index in [1.165, 1.54) is 6.07 Å². The lowest BCUT2D eigenvalue weighted by atomic mass is 9.93. The lowest BCUT2D eigenvalue weighted by Gasteiger charge is -2.29. The summed E-state index contributed by atoms with van der Waals surface area (Å²) in [4.78, 5) is 18.0. The van der Waals surface area contributed by atoms with E-state index in [9.17, 15) is 14.3 Å². The van der Waals surface area contributed by atoms with Gasteiger partial charge in [-0.15, -0.1) is 0 Å². The van der Waals surface area contributed by atoms with Crippen LogP contribution in [0, 0.1) is 5.82 Å². The predicted octanol–water partition coefficient (Wildman–Crippen LogP) is 1.40. The van der Waals surface area contributed by atoms with Gasteiger partial charge in [-0.05, 0) is 31.4 Å². The third-order valence-corrected chi connectivity index (χ3v) is 4.61. The van der Waals surface area contributed by atoms with Crippen molar-refractivity contribution in [2.75, 3.05) is 18.0 Å². The van der Waals surface area contributed by atoms with E-state index in [2.05, 4.69) is 15.6 Å². The number of amides is 2. The molecule has 126 valence electrons. The third kappa shape index (κ3) is 3.90. The van der Waals surface area contributed by atoms with Gasteiger partial charge in [0.25, 0.3) is 0 Å². The molecule has 6 nitrogen and oxygen atoms in total. The number of pyridine rings is 1. The van der Waals surface area contributed by atoms with Crippen LogP contribution in [0.2, 0.25) is 0 Å². The average Bonchev–Trinajstić information content (AvgIpc) is 2.98. The van der Waals surface area contributed by atoms with E-state index in [0.29, 0.717) is 18.9 Å². The molecule has 1 saturated heterocycles. The van der Waals surface area contributed by atoms with Gasteiger partial charge in [-0.3, -0.25) is 0 Å². The van der Waals surface area contributed by atoms with Gasteiger partial charge in [0.15, 0.2) is 11.6 Å². The largest absolute Gasteiger partial charge is 0.391 e. The summed E-state index contributed by atoms with van der Waals surface area (Å²) in [5.74, 6) is -0.0113. The Balaban J connectivity index is 1.50. The Morgan fingerprint density at radius 2 is 2.13 bits per heavy atom. The van der Waals surface area contributed by atoms with Crippen LogP contribution in [0.4, 0.5) is 15.0 Å². The molecule has 3 N–H and O–H groups in total. The van der Waals surface area contributed by atoms with E-state index < -0.39 is 6.10 Å². The number of nitrogens with zero attached hydrogens (tertiary/aromatic N) is 2. The zero-order valence-corrected chi connectivity index (χ0v) is 13.0. The van der Waals surface area contributed by atoms with Crippen LogP contribution in [-0.4, -0.2) is 47.4 Å². The molecule has 0 spiro atoms. The van der Waals surface area contributed by atoms with Gasteiger partial charge < -0.3 is 20.6 Å². The standard InChI is InChI=1S/C16H23FN4O2/c17-12-4-3-8-18-15(12)21-9-7-11(10-21)19-16(23)20-13-5-1-2-6-14(13)22/h3-4,8,11,13-14,22H,1-2,5-7,9-10H2,(H2,19,20,23). The van der Waals surface area contributed by atoms with E-state index in [-0.39, 0.29) is 23.9 Å². The highest BCUT2D eigenvalue weighted by molar-refractivity contribution is 5.74. The zero-order chi connectivity index (χ0) is 16.2. The fraction of sp³-hybridized carbons (Fsp3) is 0.625. The molecular formula is C16H23FN4O2. The third-order valence-electron chi connectivity index (χ3n) is 4.61. The summed E-state index contributed by atoms with van der Waals surface area (Å²) in [7, 11) is 0. The maximum absolute atomic E-state index is 13.8. The number of aliphatic hydroxyl groups excluding tert-OH is 1. The number of aromatic nitrogens is 1. The molecule has 23 heavy (non-hydrogen) atoms. The highest BCUT2D eigenvalue weighted by Gasteiger charge is 2.28. The second-order valence-electron chi connectivity index (χ2n) is 6.32. The Morgan fingerprint density at radius 3 is 2.91 bits per heavy atom. The molecule has 0 radical (unpaired) electrons. The number of carbonyl (C=O) groups is 1. The molecule has 1 aliphatic carbocycles. The molecule has 2 amide bonds. The van der Waals surface area contributed by atoms with Gasteiger partial charge in [0, 0.05) is 25.3 Å². The second-order valence-corrected chi connectivity index (χ2v) is 6.32. The van der Waals surface area contributed by atoms with Gasteiger partial charge >= 0.3 is 6.03 Å². The summed E-state index contributed by atoms with van der Waals surface area (Å²) in [6.45, 7) is 1.19. The molecule has 1 aromatic heterocycles. The molecule has 1 aromatic rings. The molecule has 2 heterocycles. The van der Waals surface area contributed by atoms with Crippen LogP contribution < -0.4 is 15.5 Å². The van der Waals surface area contributed by atoms with Gasteiger partial charge in [-0.2, -0.15) is 0 Å². The first-order chi connectivity index (χ1) is 11.1. The predicted molar refractivity (Wildman–Crippen MR) is 84.7 cm³/mol. The maximum atomic E-state index is 13.8. The van der Waals surface area contributed by atoms with Crippen molar-refractivity contribution in [2.45, 2.75) is 50.3 Å². The normalized spacial score (nSPS) is 27.7. The lowest BCUT2D eigenvalue weighted by molar-refractivity contribution is 0.0941. The first kappa shape index (κ1) is 16.0. The summed E-state index contributed by atoms with van der Waals surface area (Å²) in [6.07, 6.45) is 5.43. The molecule has 0 bridgehead atoms. The Hall–Kier alpha value is -1.89. The number of aliphatic hydroxyl groups is 1. The Bertz CT molecular complexity index is 557. The number of halogens is 1. The Morgan fingerprint density at radius 1 is 1.30 bits per heavy atom. The average molecular weight is 322 g/mol. The minimum absolute atomic E-state index is 0.0443. The Labute approximate surface area is 135 Å². The molecule has 3 unspecified atom stereocenters. The zero-order valence-electron chi connectivity index (χ0n) is 13.0. The van der Waals surface area contributed by atoms with E-state index in [1.807, 2.05) is 4.90 Å². The van der Waals surface area contributed by atoms with Gasteiger partial charge in [-0.25, -0.2) is 14.2 Å². The van der Waals surface area contributed by atoms with Crippen LogP contribution in [0.25, 0.3) is 0 Å². The van der Waals surface area contributed by atoms with Gasteiger partial charge in [0.2, 0.25) is 0 Å². The van der Waals surface area contributed by atoms with Crippen molar-refractivity contribution in [3.63, 3.8) is 0 Å². The van der Waals surface area contributed by atoms with E-state index in [4.69, 9.17) is 0 Å². The molecule has 3 rings (SSSR count). The molecule has 2 aliphatic rings. The van der Waals surface area contributed by atoms with E-state index in [1.54, 1.807) is 12.3 Å². The highest BCUT2D eigenvalue weighted by atomic mass is 19.1. The number of rotatable bonds is 3. The number of nitrogens with one attached hydrogen (secondary N) is 2. The van der Waals surface area contributed by atoms with Crippen molar-refractivity contribution < 1.29 is 14.3 Å². The Kier molecular flexibility index (Phi) is 4.95. The van der Waals surface area contributed by atoms with E-state index in [0.717, 1.165) is 32.1 Å². The summed E-state index contributed by atoms with van der Waals surface area (Å²) in [5.41, 5.74) is 0. The highest BCUT2D eigenvalue weighted by Crippen LogP contribution is 2.21. The molecule has 0 aromatic carbocycles. The van der Waals surface area contributed by atoms with Crippen molar-refractivity contribution >= 4 is 11.8 Å². The number of hydrogen-bond acceptors (Lipinski definition) is 4. The molecule has 3 atom stereocenters. The molecule has 1 saturated carbocycles. The number of carbonyl (C=O) groups excluding carboxylic acids is 1. The van der Waals surface area contributed by atoms with Crippen LogP contribution in [0.15, 0.2) is 18.3 Å². The summed E-state index contributed by atoms with van der Waals surface area (Å²) < 4.78 is 13.8.